The zero-order chi connectivity index (χ0) is 14.8. The van der Waals surface area contributed by atoms with Crippen LogP contribution < -0.4 is 15.4 Å². The normalized spacial score (nSPS) is 15.0. The van der Waals surface area contributed by atoms with E-state index in [2.05, 4.69) is 0 Å². The van der Waals surface area contributed by atoms with Gasteiger partial charge in [-0.1, -0.05) is 36.4 Å². The van der Waals surface area contributed by atoms with Gasteiger partial charge in [0.2, 0.25) is 0 Å². The number of carboxylic acid groups (broad SMARTS) is 1. The molecule has 0 spiro atoms. The summed E-state index contributed by atoms with van der Waals surface area (Å²) in [6, 6.07) is 13.7. The Morgan fingerprint density at radius 2 is 1.95 bits per heavy atom. The van der Waals surface area contributed by atoms with E-state index in [1.165, 1.54) is 0 Å². The second-order valence-corrected chi connectivity index (χ2v) is 4.89. The van der Waals surface area contributed by atoms with Crippen molar-refractivity contribution >= 4 is 17.3 Å². The van der Waals surface area contributed by atoms with E-state index in [0.717, 1.165) is 5.56 Å². The van der Waals surface area contributed by atoms with Gasteiger partial charge in [-0.15, -0.1) is 0 Å². The Kier molecular flexibility index (Phi) is 3.39. The highest BCUT2D eigenvalue weighted by Crippen LogP contribution is 2.41. The lowest BCUT2D eigenvalue weighted by atomic mass is 10.0. The highest BCUT2D eigenvalue weighted by atomic mass is 16.5. The lowest BCUT2D eigenvalue weighted by Crippen LogP contribution is -2.40. The third kappa shape index (κ3) is 2.38. The molecule has 0 aromatic heterocycles. The number of carboxylic acids is 1. The Bertz CT molecular complexity index is 658. The molecule has 1 heterocycles. The van der Waals surface area contributed by atoms with Crippen LogP contribution in [0.15, 0.2) is 48.5 Å². The lowest BCUT2D eigenvalue weighted by molar-refractivity contribution is -0.138. The number of nitrogens with two attached hydrogens (primary N) is 1. The molecule has 0 radical (unpaired) electrons. The van der Waals surface area contributed by atoms with Crippen molar-refractivity contribution in [2.75, 3.05) is 23.8 Å². The number of hydrogen-bond acceptors (Lipinski definition) is 4. The zero-order valence-corrected chi connectivity index (χ0v) is 11.4. The number of nitrogen functional groups attached to an aromatic ring is 1. The van der Waals surface area contributed by atoms with Gasteiger partial charge in [0, 0.05) is 0 Å². The molecule has 108 valence electrons. The number of para-hydroxylation sites is 1. The molecule has 0 saturated heterocycles. The van der Waals surface area contributed by atoms with Crippen LogP contribution in [-0.2, 0) is 4.79 Å². The molecule has 1 aliphatic heterocycles. The summed E-state index contributed by atoms with van der Waals surface area (Å²) in [4.78, 5) is 13.6. The van der Waals surface area contributed by atoms with Gasteiger partial charge in [0.15, 0.2) is 6.04 Å². The molecule has 0 bridgehead atoms. The highest BCUT2D eigenvalue weighted by molar-refractivity contribution is 5.85. The molecule has 0 saturated carbocycles. The summed E-state index contributed by atoms with van der Waals surface area (Å²) in [6.45, 7) is 0.917. The van der Waals surface area contributed by atoms with Crippen LogP contribution in [0.25, 0.3) is 0 Å². The summed E-state index contributed by atoms with van der Waals surface area (Å²) in [7, 11) is 0. The number of carbonyl (C=O) groups is 1. The van der Waals surface area contributed by atoms with Gasteiger partial charge in [-0.3, -0.25) is 0 Å². The van der Waals surface area contributed by atoms with Gasteiger partial charge < -0.3 is 20.5 Å². The third-order valence-corrected chi connectivity index (χ3v) is 3.57. The molecular formula is C16H16N2O3. The van der Waals surface area contributed by atoms with Crippen molar-refractivity contribution in [1.29, 1.82) is 0 Å². The summed E-state index contributed by atoms with van der Waals surface area (Å²) in [5.41, 5.74) is 7.93. The lowest BCUT2D eigenvalue weighted by Gasteiger charge is -2.36. The van der Waals surface area contributed by atoms with Crippen molar-refractivity contribution in [2.24, 2.45) is 0 Å². The Morgan fingerprint density at radius 1 is 1.19 bits per heavy atom. The SMILES string of the molecule is Nc1cccc2c1N(C(C(=O)O)c1ccccc1)CCO2. The van der Waals surface area contributed by atoms with Gasteiger partial charge >= 0.3 is 5.97 Å². The van der Waals surface area contributed by atoms with Crippen LogP contribution in [-0.4, -0.2) is 24.2 Å². The molecule has 0 aliphatic carbocycles. The van der Waals surface area contributed by atoms with E-state index in [-0.39, 0.29) is 0 Å². The van der Waals surface area contributed by atoms with Gasteiger partial charge in [0.25, 0.3) is 0 Å². The van der Waals surface area contributed by atoms with Crippen molar-refractivity contribution < 1.29 is 14.6 Å². The maximum absolute atomic E-state index is 11.8. The molecule has 1 atom stereocenters. The minimum Gasteiger partial charge on any atom is -0.489 e. The summed E-state index contributed by atoms with van der Waals surface area (Å²) in [5.74, 6) is -0.277. The Labute approximate surface area is 122 Å². The number of benzene rings is 2. The van der Waals surface area contributed by atoms with Crippen LogP contribution in [0.1, 0.15) is 11.6 Å². The molecule has 21 heavy (non-hydrogen) atoms. The fourth-order valence-corrected chi connectivity index (χ4v) is 2.68. The predicted octanol–water partition coefficient (Wildman–Crippen LogP) is 2.29. The molecule has 0 amide bonds. The molecule has 2 aromatic rings. The zero-order valence-electron chi connectivity index (χ0n) is 11.4. The van der Waals surface area contributed by atoms with Crippen molar-refractivity contribution in [3.63, 3.8) is 0 Å². The first-order valence-electron chi connectivity index (χ1n) is 6.74. The number of ether oxygens (including phenoxy) is 1. The number of hydrogen-bond donors (Lipinski definition) is 2. The smallest absolute Gasteiger partial charge is 0.331 e. The average molecular weight is 284 g/mol. The summed E-state index contributed by atoms with van der Waals surface area (Å²) in [5, 5.41) is 9.67. The van der Waals surface area contributed by atoms with E-state index < -0.39 is 12.0 Å². The van der Waals surface area contributed by atoms with Crippen LogP contribution >= 0.6 is 0 Å². The van der Waals surface area contributed by atoms with Gasteiger partial charge in [-0.25, -0.2) is 4.79 Å². The van der Waals surface area contributed by atoms with Crippen LogP contribution in [0.2, 0.25) is 0 Å². The molecule has 5 heteroatoms. The number of fused-ring (bicyclic) bond motifs is 1. The first kappa shape index (κ1) is 13.3. The summed E-state index contributed by atoms with van der Waals surface area (Å²) < 4.78 is 5.59. The first-order chi connectivity index (χ1) is 10.2. The Morgan fingerprint density at radius 3 is 2.67 bits per heavy atom. The first-order valence-corrected chi connectivity index (χ1v) is 6.74. The van der Waals surface area contributed by atoms with E-state index in [1.54, 1.807) is 17.0 Å². The maximum atomic E-state index is 11.8. The molecule has 1 unspecified atom stereocenters. The molecule has 1 aliphatic rings. The van der Waals surface area contributed by atoms with Crippen LogP contribution in [0.4, 0.5) is 11.4 Å². The maximum Gasteiger partial charge on any atom is 0.331 e. The number of aliphatic carboxylic acids is 1. The molecule has 0 fully saturated rings. The number of rotatable bonds is 3. The van der Waals surface area contributed by atoms with Crippen LogP contribution in [0.5, 0.6) is 5.75 Å². The second-order valence-electron chi connectivity index (χ2n) is 4.89. The Balaban J connectivity index is 2.09. The van der Waals surface area contributed by atoms with Crippen molar-refractivity contribution in [3.05, 3.63) is 54.1 Å². The number of nitrogens with zero attached hydrogens (tertiary/aromatic N) is 1. The van der Waals surface area contributed by atoms with E-state index in [1.807, 2.05) is 36.4 Å². The van der Waals surface area contributed by atoms with Gasteiger partial charge in [-0.2, -0.15) is 0 Å². The molecule has 2 aromatic carbocycles. The molecule has 3 rings (SSSR count). The van der Waals surface area contributed by atoms with E-state index in [4.69, 9.17) is 10.5 Å². The van der Waals surface area contributed by atoms with Crippen molar-refractivity contribution in [3.8, 4) is 5.75 Å². The predicted molar refractivity (Wildman–Crippen MR) is 80.5 cm³/mol. The summed E-state index contributed by atoms with van der Waals surface area (Å²) >= 11 is 0. The topological polar surface area (TPSA) is 75.8 Å². The van der Waals surface area contributed by atoms with Crippen LogP contribution in [0.3, 0.4) is 0 Å². The standard InChI is InChI=1S/C16H16N2O3/c17-12-7-4-8-13-15(12)18(9-10-21-13)14(16(19)20)11-5-2-1-3-6-11/h1-8,14H,9-10,17H2,(H,19,20). The van der Waals surface area contributed by atoms with Gasteiger partial charge in [0.05, 0.1) is 12.2 Å². The monoisotopic (exact) mass is 284 g/mol. The van der Waals surface area contributed by atoms with Gasteiger partial charge in [0.1, 0.15) is 18.0 Å². The fourth-order valence-electron chi connectivity index (χ4n) is 2.68. The van der Waals surface area contributed by atoms with E-state index in [0.29, 0.717) is 30.3 Å². The van der Waals surface area contributed by atoms with Crippen molar-refractivity contribution in [1.82, 2.24) is 0 Å². The average Bonchev–Trinajstić information content (AvgIpc) is 2.48. The highest BCUT2D eigenvalue weighted by Gasteiger charge is 2.32. The minimum atomic E-state index is -0.905. The second kappa shape index (κ2) is 5.36. The third-order valence-electron chi connectivity index (χ3n) is 3.57. The molecular weight excluding hydrogens is 268 g/mol. The quantitative estimate of drug-likeness (QED) is 0.846. The Hall–Kier alpha value is -2.69. The van der Waals surface area contributed by atoms with E-state index in [9.17, 15) is 9.90 Å². The minimum absolute atomic E-state index is 0.438. The van der Waals surface area contributed by atoms with Crippen LogP contribution in [0, 0.1) is 0 Å². The van der Waals surface area contributed by atoms with E-state index >= 15 is 0 Å². The molecule has 5 nitrogen and oxygen atoms in total. The summed E-state index contributed by atoms with van der Waals surface area (Å²) in [6.07, 6.45) is 0. The fraction of sp³-hybridized carbons (Fsp3) is 0.188. The number of anilines is 2. The van der Waals surface area contributed by atoms with Gasteiger partial charge in [-0.05, 0) is 17.7 Å². The largest absolute Gasteiger partial charge is 0.489 e. The van der Waals surface area contributed by atoms with Crippen molar-refractivity contribution in [2.45, 2.75) is 6.04 Å². The molecule has 3 N–H and O–H groups in total.